The van der Waals surface area contributed by atoms with Crippen LogP contribution in [0.25, 0.3) is 0 Å². The first-order valence-electron chi connectivity index (χ1n) is 3.91. The second-order valence-electron chi connectivity index (χ2n) is 3.31. The average molecular weight is 335 g/mol. The van der Waals surface area contributed by atoms with Crippen LogP contribution < -0.4 is 0 Å². The van der Waals surface area contributed by atoms with E-state index in [1.165, 1.54) is 0 Å². The van der Waals surface area contributed by atoms with Gasteiger partial charge in [-0.25, -0.2) is 0 Å². The van der Waals surface area contributed by atoms with Crippen molar-refractivity contribution < 1.29 is 62.2 Å². The van der Waals surface area contributed by atoms with Crippen LogP contribution in [0.15, 0.2) is 0 Å². The van der Waals surface area contributed by atoms with Crippen LogP contribution in [-0.4, -0.2) is 36.0 Å². The molecule has 1 nitrogen and oxygen atoms in total. The molecule has 1 radical (unpaired) electrons. The van der Waals surface area contributed by atoms with E-state index in [0.717, 1.165) is 0 Å². The minimum atomic E-state index is -8.00. The first-order valence-corrected chi connectivity index (χ1v) is 3.91. The van der Waals surface area contributed by atoms with E-state index < -0.39 is 36.0 Å². The maximum atomic E-state index is 12.3. The third-order valence-corrected chi connectivity index (χ3v) is 1.90. The van der Waals surface area contributed by atoms with Gasteiger partial charge in [0.2, 0.25) is 0 Å². The highest BCUT2D eigenvalue weighted by atomic mass is 19.4. The number of rotatable bonds is 4. The summed E-state index contributed by atoms with van der Waals surface area (Å²) in [7, 11) is 0. The molecular formula is C6F13O. The number of halogens is 13. The first kappa shape index (κ1) is 19.1. The molecule has 0 fully saturated rings. The summed E-state index contributed by atoms with van der Waals surface area (Å²) in [6, 6.07) is 0. The molecule has 0 heterocycles. The topological polar surface area (TPSA) is 19.9 Å². The van der Waals surface area contributed by atoms with Gasteiger partial charge in [-0.05, 0) is 0 Å². The van der Waals surface area contributed by atoms with Crippen molar-refractivity contribution in [1.29, 1.82) is 0 Å². The molecule has 0 atom stereocenters. The third-order valence-electron chi connectivity index (χ3n) is 1.90. The maximum absolute atomic E-state index is 12.3. The second kappa shape index (κ2) is 4.27. The van der Waals surface area contributed by atoms with Gasteiger partial charge >= 0.3 is 36.0 Å². The molecule has 0 aromatic carbocycles. The van der Waals surface area contributed by atoms with E-state index in [0.29, 0.717) is 0 Å². The molecule has 0 amide bonds. The summed E-state index contributed by atoms with van der Waals surface area (Å²) in [4.78, 5) is 0. The van der Waals surface area contributed by atoms with Crippen molar-refractivity contribution in [3.8, 4) is 0 Å². The Bertz CT molecular complexity index is 324. The Morgan fingerprint density at radius 2 is 0.650 bits per heavy atom. The van der Waals surface area contributed by atoms with Gasteiger partial charge in [-0.15, -0.1) is 0 Å². The molecule has 0 aromatic heterocycles. The van der Waals surface area contributed by atoms with Crippen molar-refractivity contribution in [1.82, 2.24) is 0 Å². The van der Waals surface area contributed by atoms with Gasteiger partial charge in [0.05, 0.1) is 0 Å². The third kappa shape index (κ3) is 2.26. The van der Waals surface area contributed by atoms with Crippen LogP contribution in [0.3, 0.4) is 0 Å². The van der Waals surface area contributed by atoms with Gasteiger partial charge in [-0.3, -0.25) is 0 Å². The summed E-state index contributed by atoms with van der Waals surface area (Å²) in [6.45, 7) is 0. The van der Waals surface area contributed by atoms with Crippen LogP contribution in [0.4, 0.5) is 57.1 Å². The summed E-state index contributed by atoms with van der Waals surface area (Å²) in [6.07, 6.45) is -14.7. The van der Waals surface area contributed by atoms with Crippen LogP contribution in [0.2, 0.25) is 0 Å². The maximum Gasteiger partial charge on any atom is 0.460 e. The van der Waals surface area contributed by atoms with Gasteiger partial charge in [0, 0.05) is 0 Å². The fourth-order valence-corrected chi connectivity index (χ4v) is 0.755. The van der Waals surface area contributed by atoms with E-state index in [1.807, 2.05) is 0 Å². The average Bonchev–Trinajstić information content (AvgIpc) is 2.12. The van der Waals surface area contributed by atoms with Gasteiger partial charge in [0.25, 0.3) is 0 Å². The van der Waals surface area contributed by atoms with Crippen LogP contribution in [0.1, 0.15) is 0 Å². The van der Waals surface area contributed by atoms with Crippen LogP contribution in [0.5, 0.6) is 0 Å². The zero-order chi connectivity index (χ0) is 17.0. The molecule has 0 unspecified atom stereocenters. The quantitative estimate of drug-likeness (QED) is 0.689. The predicted molar refractivity (Wildman–Crippen MR) is 31.5 cm³/mol. The van der Waals surface area contributed by atoms with Gasteiger partial charge in [0.1, 0.15) is 0 Å². The number of hydrogen-bond donors (Lipinski definition) is 0. The number of alkyl halides is 13. The van der Waals surface area contributed by atoms with Gasteiger partial charge < -0.3 is 0 Å². The van der Waals surface area contributed by atoms with E-state index in [-0.39, 0.29) is 0 Å². The molecule has 0 aliphatic carbocycles. The largest absolute Gasteiger partial charge is 0.460 e. The molecule has 0 saturated heterocycles. The molecule has 0 rings (SSSR count). The van der Waals surface area contributed by atoms with E-state index in [1.54, 1.807) is 0 Å². The lowest BCUT2D eigenvalue weighted by molar-refractivity contribution is -0.468. The lowest BCUT2D eigenvalue weighted by Gasteiger charge is -2.37. The number of hydrogen-bond acceptors (Lipinski definition) is 0. The molecule has 0 spiro atoms. The Balaban J connectivity index is 6.08. The molecule has 0 bridgehead atoms. The molecule has 14 heteroatoms. The normalized spacial score (nSPS) is 16.5. The Labute approximate surface area is 99.5 Å². The van der Waals surface area contributed by atoms with Crippen molar-refractivity contribution in [3.05, 3.63) is 0 Å². The summed E-state index contributed by atoms with van der Waals surface area (Å²) < 4.78 is 155. The lowest BCUT2D eigenvalue weighted by atomic mass is 9.97. The minimum absolute atomic E-state index is 7.23. The fraction of sp³-hybridized carbons (Fsp3) is 1.00. The molecule has 20 heavy (non-hydrogen) atoms. The highest BCUT2D eigenvalue weighted by molar-refractivity contribution is 5.08. The van der Waals surface area contributed by atoms with E-state index >= 15 is 0 Å². The highest BCUT2D eigenvalue weighted by Gasteiger charge is 2.91. The molecule has 121 valence electrons. The molecule has 0 aliphatic rings. The lowest BCUT2D eigenvalue weighted by Crippen LogP contribution is -2.69. The molecule has 0 saturated carbocycles. The van der Waals surface area contributed by atoms with Crippen LogP contribution in [0, 0.1) is 0 Å². The smallest absolute Gasteiger partial charge is 0.192 e. The molecule has 0 aliphatic heterocycles. The van der Waals surface area contributed by atoms with E-state index in [2.05, 4.69) is 0 Å². The van der Waals surface area contributed by atoms with Crippen LogP contribution in [-0.2, 0) is 5.11 Å². The second-order valence-corrected chi connectivity index (χ2v) is 3.31. The van der Waals surface area contributed by atoms with Crippen molar-refractivity contribution in [2.75, 3.05) is 0 Å². The molecular weight excluding hydrogens is 335 g/mol. The Morgan fingerprint density at radius 1 is 0.400 bits per heavy atom. The van der Waals surface area contributed by atoms with Crippen molar-refractivity contribution in [2.24, 2.45) is 0 Å². The summed E-state index contributed by atoms with van der Waals surface area (Å²) in [5.41, 5.74) is 0. The fourth-order valence-electron chi connectivity index (χ4n) is 0.755. The first-order chi connectivity index (χ1) is 8.25. The highest BCUT2D eigenvalue weighted by Crippen LogP contribution is 2.59. The van der Waals surface area contributed by atoms with Gasteiger partial charge in [-0.2, -0.15) is 62.2 Å². The Kier molecular flexibility index (Phi) is 4.07. The molecule has 0 aromatic rings. The molecule has 0 N–H and O–H groups in total. The van der Waals surface area contributed by atoms with Crippen molar-refractivity contribution >= 4 is 0 Å². The summed E-state index contributed by atoms with van der Waals surface area (Å²) in [5.74, 6) is -31.5. The van der Waals surface area contributed by atoms with Gasteiger partial charge in [0.15, 0.2) is 0 Å². The SMILES string of the molecule is [O]C(F)(F)C(F)(F)C(F)(F)C(F)(F)C(F)(F)C(F)(F)F. The van der Waals surface area contributed by atoms with Gasteiger partial charge in [-0.1, -0.05) is 0 Å². The Hall–Kier alpha value is -0.950. The Morgan fingerprint density at radius 3 is 0.850 bits per heavy atom. The van der Waals surface area contributed by atoms with Crippen LogP contribution >= 0.6 is 0 Å². The van der Waals surface area contributed by atoms with Crippen molar-refractivity contribution in [3.63, 3.8) is 0 Å². The monoisotopic (exact) mass is 335 g/mol. The van der Waals surface area contributed by atoms with E-state index in [9.17, 15) is 62.2 Å². The zero-order valence-electron chi connectivity index (χ0n) is 8.32. The zero-order valence-corrected chi connectivity index (χ0v) is 8.32. The van der Waals surface area contributed by atoms with Crippen molar-refractivity contribution in [2.45, 2.75) is 36.0 Å². The standard InChI is InChI=1S/C6F13O/c7-1(8,3(11,12)5(15,16)17)2(9,10)4(13,14)6(18,19)20. The predicted octanol–water partition coefficient (Wildman–Crippen LogP) is 4.11. The summed E-state index contributed by atoms with van der Waals surface area (Å²) >= 11 is 0. The minimum Gasteiger partial charge on any atom is -0.192 e. The summed E-state index contributed by atoms with van der Waals surface area (Å²) in [5, 5.41) is 9.37. The van der Waals surface area contributed by atoms with E-state index in [4.69, 9.17) is 0 Å².